The van der Waals surface area contributed by atoms with E-state index in [1.165, 1.54) is 6.07 Å². The molecule has 0 saturated heterocycles. The summed E-state index contributed by atoms with van der Waals surface area (Å²) in [5, 5.41) is 24.6. The number of hydrogen-bond acceptors (Lipinski definition) is 4. The number of aliphatic hydroxyl groups is 1. The van der Waals surface area contributed by atoms with Crippen molar-refractivity contribution >= 4 is 16.6 Å². The molecule has 0 fully saturated rings. The molecular weight excluding hydrogens is 459 g/mol. The van der Waals surface area contributed by atoms with Crippen LogP contribution >= 0.6 is 0 Å². The number of alkyl halides is 3. The molecule has 3 aromatic rings. The van der Waals surface area contributed by atoms with E-state index in [4.69, 9.17) is 0 Å². The zero-order valence-corrected chi connectivity index (χ0v) is 18.4. The van der Waals surface area contributed by atoms with Gasteiger partial charge in [0.2, 0.25) is 5.56 Å². The van der Waals surface area contributed by atoms with Gasteiger partial charge in [-0.2, -0.15) is 13.2 Å². The first-order chi connectivity index (χ1) is 15.9. The van der Waals surface area contributed by atoms with Gasteiger partial charge in [-0.25, -0.2) is 8.78 Å². The molecule has 2 aromatic carbocycles. The highest BCUT2D eigenvalue weighted by Crippen LogP contribution is 2.56. The molecule has 1 heterocycles. The van der Waals surface area contributed by atoms with Gasteiger partial charge in [-0.1, -0.05) is 13.8 Å². The summed E-state index contributed by atoms with van der Waals surface area (Å²) in [6.45, 7) is 3.22. The van der Waals surface area contributed by atoms with E-state index < -0.39 is 53.1 Å². The molecule has 1 aliphatic rings. The Morgan fingerprint density at radius 1 is 1.18 bits per heavy atom. The van der Waals surface area contributed by atoms with Crippen LogP contribution in [-0.4, -0.2) is 27.0 Å². The van der Waals surface area contributed by atoms with Gasteiger partial charge in [0.05, 0.1) is 11.6 Å². The third-order valence-corrected chi connectivity index (χ3v) is 6.62. The Labute approximate surface area is 191 Å². The quantitative estimate of drug-likeness (QED) is 0.374. The van der Waals surface area contributed by atoms with Crippen LogP contribution in [0.1, 0.15) is 55.3 Å². The number of pyridine rings is 1. The lowest BCUT2D eigenvalue weighted by molar-refractivity contribution is -0.272. The number of aromatic nitrogens is 1. The Morgan fingerprint density at radius 3 is 2.50 bits per heavy atom. The highest BCUT2D eigenvalue weighted by atomic mass is 19.4. The van der Waals surface area contributed by atoms with Crippen molar-refractivity contribution in [2.75, 3.05) is 5.32 Å². The molecule has 4 N–H and O–H groups in total. The number of phenolic OH excluding ortho intramolecular Hbond substituents is 1. The first-order valence-electron chi connectivity index (χ1n) is 10.8. The number of phenols is 1. The third-order valence-electron chi connectivity index (χ3n) is 6.62. The fourth-order valence-electron chi connectivity index (χ4n) is 4.91. The van der Waals surface area contributed by atoms with E-state index in [1.54, 1.807) is 13.8 Å². The normalized spacial score (nSPS) is 22.6. The minimum absolute atomic E-state index is 0.0258. The number of fused-ring (bicyclic) bond motifs is 2. The molecule has 4 rings (SSSR count). The number of anilines is 1. The van der Waals surface area contributed by atoms with Crippen LogP contribution < -0.4 is 10.9 Å². The summed E-state index contributed by atoms with van der Waals surface area (Å²) in [7, 11) is 0. The maximum absolute atomic E-state index is 14.8. The molecule has 0 aliphatic heterocycles. The number of H-pyrrole nitrogens is 1. The predicted octanol–water partition coefficient (Wildman–Crippen LogP) is 5.42. The Morgan fingerprint density at radius 2 is 1.88 bits per heavy atom. The second-order valence-corrected chi connectivity index (χ2v) is 8.59. The van der Waals surface area contributed by atoms with Crippen molar-refractivity contribution in [1.82, 2.24) is 4.98 Å². The van der Waals surface area contributed by atoms with Crippen molar-refractivity contribution in [3.63, 3.8) is 0 Å². The molecule has 1 unspecified atom stereocenters. The summed E-state index contributed by atoms with van der Waals surface area (Å²) in [6.07, 6.45) is -5.65. The van der Waals surface area contributed by atoms with Gasteiger partial charge in [0.1, 0.15) is 17.4 Å². The lowest BCUT2D eigenvalue weighted by atomic mass is 9.68. The van der Waals surface area contributed by atoms with Crippen LogP contribution in [0.15, 0.2) is 35.1 Å². The molecule has 1 aromatic heterocycles. The van der Waals surface area contributed by atoms with Crippen LogP contribution in [0.2, 0.25) is 0 Å². The van der Waals surface area contributed by atoms with Gasteiger partial charge in [0, 0.05) is 28.3 Å². The Hall–Kier alpha value is -3.14. The fraction of sp³-hybridized carbons (Fsp3) is 0.375. The summed E-state index contributed by atoms with van der Waals surface area (Å²) in [6, 6.07) is 3.31. The van der Waals surface area contributed by atoms with E-state index >= 15 is 0 Å². The summed E-state index contributed by atoms with van der Waals surface area (Å²) < 4.78 is 72.1. The molecule has 0 spiro atoms. The van der Waals surface area contributed by atoms with E-state index in [9.17, 15) is 37.0 Å². The minimum Gasteiger partial charge on any atom is -0.507 e. The summed E-state index contributed by atoms with van der Waals surface area (Å²) in [5.41, 5.74) is -4.16. The zero-order chi connectivity index (χ0) is 25.0. The van der Waals surface area contributed by atoms with Gasteiger partial charge < -0.3 is 20.5 Å². The number of aromatic hydroxyl groups is 1. The van der Waals surface area contributed by atoms with E-state index in [2.05, 4.69) is 10.3 Å². The number of rotatable bonds is 4. The van der Waals surface area contributed by atoms with Gasteiger partial charge >= 0.3 is 6.18 Å². The largest absolute Gasteiger partial charge is 0.507 e. The first-order valence-corrected chi connectivity index (χ1v) is 10.8. The second kappa shape index (κ2) is 8.26. The van der Waals surface area contributed by atoms with Crippen LogP contribution in [0.5, 0.6) is 5.75 Å². The molecule has 3 atom stereocenters. The van der Waals surface area contributed by atoms with E-state index in [-0.39, 0.29) is 46.1 Å². The predicted molar refractivity (Wildman–Crippen MR) is 117 cm³/mol. The molecule has 0 bridgehead atoms. The maximum atomic E-state index is 14.8. The fourth-order valence-corrected chi connectivity index (χ4v) is 4.91. The first kappa shape index (κ1) is 24.0. The molecule has 0 amide bonds. The molecule has 0 radical (unpaired) electrons. The van der Waals surface area contributed by atoms with Crippen LogP contribution in [0.25, 0.3) is 10.9 Å². The second-order valence-electron chi connectivity index (χ2n) is 8.59. The minimum atomic E-state index is -5.14. The van der Waals surface area contributed by atoms with Gasteiger partial charge in [0.15, 0.2) is 5.60 Å². The van der Waals surface area contributed by atoms with Crippen LogP contribution in [0.4, 0.5) is 27.6 Å². The third kappa shape index (κ3) is 3.70. The lowest BCUT2D eigenvalue weighted by Gasteiger charge is -2.46. The topological polar surface area (TPSA) is 85.3 Å². The highest BCUT2D eigenvalue weighted by molar-refractivity contribution is 5.91. The SMILES string of the molecule is CCc1c(F)cc2c(c1O)[C@@H](CC)C[C@](O)(C(F)(F)F)C2Nc1cc(F)cc2[nH]c(=O)ccc12. The van der Waals surface area contributed by atoms with Crippen molar-refractivity contribution in [1.29, 1.82) is 0 Å². The average Bonchev–Trinajstić information content (AvgIpc) is 2.74. The van der Waals surface area contributed by atoms with Gasteiger partial charge in [-0.3, -0.25) is 4.79 Å². The number of nitrogens with one attached hydrogen (secondary N) is 2. The van der Waals surface area contributed by atoms with Gasteiger partial charge in [-0.15, -0.1) is 0 Å². The van der Waals surface area contributed by atoms with E-state index in [0.717, 1.165) is 24.3 Å². The summed E-state index contributed by atoms with van der Waals surface area (Å²) in [5.74, 6) is -3.08. The number of halogens is 5. The van der Waals surface area contributed by atoms with Crippen molar-refractivity contribution < 1.29 is 32.2 Å². The Bertz CT molecular complexity index is 1320. The molecule has 182 valence electrons. The monoisotopic (exact) mass is 482 g/mol. The van der Waals surface area contributed by atoms with Gasteiger partial charge in [-0.05, 0) is 55.0 Å². The van der Waals surface area contributed by atoms with Crippen LogP contribution in [0.3, 0.4) is 0 Å². The standard InChI is InChI=1S/C24H23F5N2O3/c1-3-11-10-23(34,24(27,28)29)22(15-9-16(26)13(4-2)21(33)20(11)15)31-18-8-12(25)7-17-14(18)5-6-19(32)30-17/h5-9,11,22,31,33-34H,3-4,10H2,1-2H3,(H,30,32)/t11-,22?,23+/m0/s1. The van der Waals surface area contributed by atoms with Gasteiger partial charge in [0.25, 0.3) is 0 Å². The molecule has 5 nitrogen and oxygen atoms in total. The average molecular weight is 482 g/mol. The lowest BCUT2D eigenvalue weighted by Crippen LogP contribution is -2.55. The van der Waals surface area contributed by atoms with Crippen LogP contribution in [-0.2, 0) is 6.42 Å². The Balaban J connectivity index is 2.00. The molecule has 0 saturated carbocycles. The van der Waals surface area contributed by atoms with Crippen molar-refractivity contribution in [3.05, 3.63) is 69.0 Å². The number of benzene rings is 2. The van der Waals surface area contributed by atoms with Crippen molar-refractivity contribution in [2.24, 2.45) is 0 Å². The smallest absolute Gasteiger partial charge is 0.419 e. The van der Waals surface area contributed by atoms with Crippen LogP contribution in [0, 0.1) is 11.6 Å². The Kier molecular flexibility index (Phi) is 5.83. The maximum Gasteiger partial charge on any atom is 0.419 e. The molecule has 1 aliphatic carbocycles. The molecule has 34 heavy (non-hydrogen) atoms. The highest BCUT2D eigenvalue weighted by Gasteiger charge is 2.62. The summed E-state index contributed by atoms with van der Waals surface area (Å²) in [4.78, 5) is 14.0. The van der Waals surface area contributed by atoms with Crippen molar-refractivity contribution in [3.8, 4) is 5.75 Å². The van der Waals surface area contributed by atoms with E-state index in [0.29, 0.717) is 0 Å². The molecular formula is C24H23F5N2O3. The summed E-state index contributed by atoms with van der Waals surface area (Å²) >= 11 is 0. The molecule has 10 heteroatoms. The van der Waals surface area contributed by atoms with Crippen molar-refractivity contribution in [2.45, 2.75) is 56.8 Å². The zero-order valence-electron chi connectivity index (χ0n) is 18.4. The number of aromatic amines is 1. The number of hydrogen-bond donors (Lipinski definition) is 4. The van der Waals surface area contributed by atoms with E-state index in [1.807, 2.05) is 0 Å².